The number of para-hydroxylation sites is 2. The van der Waals surface area contributed by atoms with Gasteiger partial charge in [0.1, 0.15) is 36.6 Å². The van der Waals surface area contributed by atoms with Crippen molar-refractivity contribution in [3.8, 4) is 0 Å². The zero-order valence-electron chi connectivity index (χ0n) is 45.7. The Morgan fingerprint density at radius 2 is 1.15 bits per heavy atom. The number of benzene rings is 2. The van der Waals surface area contributed by atoms with E-state index in [1.54, 1.807) is 38.2 Å². The van der Waals surface area contributed by atoms with Gasteiger partial charge >= 0.3 is 33.1 Å². The molecule has 52 heteroatoms. The van der Waals surface area contributed by atoms with Crippen LogP contribution in [0.15, 0.2) is 84.8 Å². The van der Waals surface area contributed by atoms with Crippen molar-refractivity contribution in [2.24, 2.45) is 7.05 Å². The topological polar surface area (TPSA) is 731 Å². The first-order valence-electron chi connectivity index (χ1n) is 24.0. The van der Waals surface area contributed by atoms with Gasteiger partial charge in [-0.15, -0.1) is 0 Å². The van der Waals surface area contributed by atoms with Gasteiger partial charge in [0.25, 0.3) is 18.9 Å². The smallest absolute Gasteiger partial charge is 0.480 e. The van der Waals surface area contributed by atoms with Gasteiger partial charge in [-0.2, -0.15) is 33.6 Å². The Morgan fingerprint density at radius 3 is 1.60 bits per heavy atom. The molecule has 5 aromatic heterocycles. The number of H-pyrrole nitrogens is 2. The predicted octanol–water partition coefficient (Wildman–Crippen LogP) is -5.58. The third-order valence-corrected chi connectivity index (χ3v) is 19.7. The number of imidazole rings is 2. The highest BCUT2D eigenvalue weighted by molar-refractivity contribution is 7.70. The van der Waals surface area contributed by atoms with E-state index in [4.69, 9.17) is 40.3 Å². The van der Waals surface area contributed by atoms with E-state index in [9.17, 15) is 101 Å². The fraction of sp³-hybridized carbons (Fsp3) is 0.350. The van der Waals surface area contributed by atoms with Crippen LogP contribution in [-0.4, -0.2) is 152 Å². The molecule has 508 valence electrons. The number of nitrogens with one attached hydrogen (secondary N) is 5. The van der Waals surface area contributed by atoms with E-state index in [-0.39, 0.29) is 53.6 Å². The van der Waals surface area contributed by atoms with Crippen molar-refractivity contribution < 1.29 is 133 Å². The van der Waals surface area contributed by atoms with Crippen molar-refractivity contribution >= 4 is 109 Å². The summed E-state index contributed by atoms with van der Waals surface area (Å²) in [7, 11) is -30.5. The Balaban J connectivity index is 0.000000279. The summed E-state index contributed by atoms with van der Waals surface area (Å²) in [6, 6.07) is 14.3. The summed E-state index contributed by atoms with van der Waals surface area (Å²) in [5.74, 6) is -1.11. The van der Waals surface area contributed by atoms with Gasteiger partial charge in [0.05, 0.1) is 36.8 Å². The van der Waals surface area contributed by atoms with Gasteiger partial charge in [0.15, 0.2) is 40.6 Å². The third-order valence-electron chi connectivity index (χ3n) is 11.4. The van der Waals surface area contributed by atoms with Crippen molar-refractivity contribution in [1.29, 1.82) is 0 Å². The van der Waals surface area contributed by atoms with E-state index in [1.165, 1.54) is 4.57 Å². The Bertz CT molecular complexity index is 4180. The molecule has 17 N–H and O–H groups in total. The Morgan fingerprint density at radius 1 is 0.707 bits per heavy atom. The van der Waals surface area contributed by atoms with E-state index in [0.717, 1.165) is 33.0 Å². The number of hydrogen-bond acceptors (Lipinski definition) is 35. The molecular formula is C40H52N14O32P6-4. The number of hydrogen-bond donors (Lipinski definition) is 15. The molecule has 0 saturated carbocycles. The molecule has 0 amide bonds. The number of anilines is 3. The highest BCUT2D eigenvalue weighted by Crippen LogP contribution is 2.61. The molecule has 46 nitrogen and oxygen atoms in total. The first-order valence-corrected chi connectivity index (χ1v) is 33.3. The van der Waals surface area contributed by atoms with E-state index < -0.39 is 131 Å². The highest BCUT2D eigenvalue weighted by Gasteiger charge is 2.47. The first-order chi connectivity index (χ1) is 42.0. The van der Waals surface area contributed by atoms with Gasteiger partial charge < -0.3 is 94.8 Å². The molecule has 2 aliphatic heterocycles. The highest BCUT2D eigenvalue weighted by atomic mass is 31.3. The van der Waals surface area contributed by atoms with Crippen LogP contribution in [0.2, 0.25) is 0 Å². The molecule has 14 atom stereocenters. The van der Waals surface area contributed by atoms with E-state index in [0.29, 0.717) is 20.6 Å². The van der Waals surface area contributed by atoms with Crippen LogP contribution in [0.25, 0.3) is 33.2 Å². The number of aliphatic hydroxyl groups excluding tert-OH is 4. The molecule has 2 saturated heterocycles. The molecule has 7 heterocycles. The summed E-state index contributed by atoms with van der Waals surface area (Å²) >= 11 is 0. The van der Waals surface area contributed by atoms with Crippen LogP contribution in [-0.2, 0) is 71.2 Å². The van der Waals surface area contributed by atoms with E-state index >= 15 is 0 Å². The minimum Gasteiger partial charge on any atom is -0.766 e. The number of carbonyl (C=O) groups excluding carboxylic acids is 3. The quantitative estimate of drug-likeness (QED) is 0.0281. The number of ketones is 1. The van der Waals surface area contributed by atoms with Gasteiger partial charge in [-0.05, 0) is 31.2 Å². The zero-order chi connectivity index (χ0) is 68.5. The van der Waals surface area contributed by atoms with Gasteiger partial charge in [0, 0.05) is 25.3 Å². The largest absolute Gasteiger partial charge is 0.766 e. The molecule has 0 bridgehead atoms. The first kappa shape index (κ1) is 77.6. The number of phosphoric ester groups is 2. The Kier molecular flexibility index (Phi) is 26.4. The standard InChI is InChI=1S/2C10H17N6O13P3.C9H7NO3.C9H11NO.CO2.CH4/c2*11-10-13-7-4(8(19)14-10)12-2-16(7)9-6(18)5(17)3(28-9)1-27-32(25,26)29-31(23,24)15-30(20,21)22;1-10-7-5-3-2-4-6(7)8(11)13-9(10)12;1-7(11)8-5-3-4-6-9(8)10-2;2-1-3;/h2*2-3,5-6,9,17-18H,1H2,(H,25,26)(H3,11,13,14,19)(H4,15,20,21,22,23,24);2-5H,1H3;3-6,10H,1-2H3;;1H4/p-4/t2*3-,5+,6?,9-;;;;/m11..../s1. The number of nitrogens with zero attached hydrogens (tertiary/aromatic N) is 7. The number of carbonyl (C=O) groups is 1. The molecule has 2 aliphatic rings. The molecule has 0 aliphatic carbocycles. The lowest BCUT2D eigenvalue weighted by molar-refractivity contribution is -0.236. The second kappa shape index (κ2) is 31.4. The van der Waals surface area contributed by atoms with Crippen molar-refractivity contribution in [2.75, 3.05) is 37.0 Å². The van der Waals surface area contributed by atoms with Crippen LogP contribution in [0.5, 0.6) is 0 Å². The second-order valence-corrected chi connectivity index (χ2v) is 27.1. The summed E-state index contributed by atoms with van der Waals surface area (Å²) < 4.78 is 102. The van der Waals surface area contributed by atoms with Crippen LogP contribution in [0, 0.1) is 0 Å². The number of fused-ring (bicyclic) bond motifs is 3. The molecule has 9 rings (SSSR count). The predicted molar refractivity (Wildman–Crippen MR) is 297 cm³/mol. The average molecular weight is 1430 g/mol. The van der Waals surface area contributed by atoms with Crippen LogP contribution >= 0.6 is 46.6 Å². The Hall–Kier alpha value is -6.89. The van der Waals surface area contributed by atoms with Crippen LogP contribution in [0.3, 0.4) is 0 Å². The van der Waals surface area contributed by atoms with E-state index in [1.807, 2.05) is 31.3 Å². The zero-order valence-corrected chi connectivity index (χ0v) is 51.0. The van der Waals surface area contributed by atoms with Gasteiger partial charge in [-0.25, -0.2) is 28.7 Å². The maximum absolute atomic E-state index is 11.9. The molecule has 0 spiro atoms. The number of rotatable bonds is 18. The molecule has 7 aromatic rings. The number of aromatic amines is 2. The summed E-state index contributed by atoms with van der Waals surface area (Å²) in [5, 5.41) is 44.1. The van der Waals surface area contributed by atoms with Crippen molar-refractivity contribution in [2.45, 2.75) is 63.4 Å². The number of aromatic nitrogens is 9. The summed E-state index contributed by atoms with van der Waals surface area (Å²) in [6.07, 6.45) is -10.6. The number of aliphatic hydroxyl groups is 4. The Labute approximate surface area is 510 Å². The molecule has 92 heavy (non-hydrogen) atoms. The minimum absolute atomic E-state index is 0. The number of nitrogen functional groups attached to an aromatic ring is 2. The van der Waals surface area contributed by atoms with E-state index in [2.05, 4.69) is 57.3 Å². The maximum atomic E-state index is 11.9. The minimum atomic E-state index is -5.86. The van der Waals surface area contributed by atoms with Crippen LogP contribution < -0.4 is 68.6 Å². The normalized spacial score (nSPS) is 23.2. The van der Waals surface area contributed by atoms with Crippen LogP contribution in [0.4, 0.5) is 17.6 Å². The summed E-state index contributed by atoms with van der Waals surface area (Å²) in [6.45, 7) is -0.526. The molecule has 2 fully saturated rings. The summed E-state index contributed by atoms with van der Waals surface area (Å²) in [5.41, 5.74) is 10.6. The van der Waals surface area contributed by atoms with Crippen molar-refractivity contribution in [3.05, 3.63) is 108 Å². The SMILES string of the molecule is C.CNc1ccccc1C(C)=O.Cn1c(=O)oc(=O)c2ccccc21.Nc1nc2c(ncn2[C@@H]2O[C@H](COP(=O)(O)OP(=O)(O)NP(=O)([O-])O)[C@H](O)C2O)c(=O)[nH]1.Nc1nc2c(ncn2[C@@H]2O[C@H](COP(=O)([O-])OP(=O)([O-])NP(=O)([O-])O)[C@H](O)C2O)c(=O)[nH]1.O=C=O. The fourth-order valence-corrected chi connectivity index (χ4v) is 14.4. The lowest BCUT2D eigenvalue weighted by Gasteiger charge is -2.34. The van der Waals surface area contributed by atoms with Crippen molar-refractivity contribution in [3.63, 3.8) is 0 Å². The van der Waals surface area contributed by atoms with Gasteiger partial charge in [-0.3, -0.25) is 65.1 Å². The average Bonchev–Trinajstić information content (AvgIpc) is 1.61. The number of aryl methyl sites for hydroxylation is 1. The molecule has 2 aromatic carbocycles. The lowest BCUT2D eigenvalue weighted by Crippen LogP contribution is -2.34. The third kappa shape index (κ3) is 21.1. The molecular weight excluding hydrogens is 1370 g/mol. The summed E-state index contributed by atoms with van der Waals surface area (Å²) in [4.78, 5) is 174. The fourth-order valence-electron chi connectivity index (χ4n) is 7.70. The van der Waals surface area contributed by atoms with Crippen molar-refractivity contribution in [1.82, 2.24) is 53.3 Å². The van der Waals surface area contributed by atoms with Crippen LogP contribution in [0.1, 0.15) is 37.2 Å². The maximum Gasteiger partial charge on any atom is 0.480 e. The number of phosphoric acid groups is 2. The van der Waals surface area contributed by atoms with Gasteiger partial charge in [0.2, 0.25) is 35.1 Å². The number of nitrogens with two attached hydrogens (primary N) is 2. The molecule has 0 radical (unpaired) electrons. The number of ether oxygens (including phenoxy) is 2. The monoisotopic (exact) mass is 1430 g/mol. The second-order valence-electron chi connectivity index (χ2n) is 17.7. The lowest BCUT2D eigenvalue weighted by atomic mass is 10.1. The number of Topliss-reactive ketones (excluding diaryl/α,β-unsaturated/α-hetero) is 1. The molecule has 8 unspecified atom stereocenters. The van der Waals surface area contributed by atoms with Gasteiger partial charge in [-0.1, -0.05) is 31.7 Å².